The van der Waals surface area contributed by atoms with E-state index in [4.69, 9.17) is 0 Å². The number of carbonyl (C=O) groups excluding carboxylic acids is 4. The molecule has 2 aliphatic rings. The van der Waals surface area contributed by atoms with Gasteiger partial charge in [0.05, 0.1) is 13.2 Å². The Morgan fingerprint density at radius 3 is 2.16 bits per heavy atom. The number of hydrogen-bond acceptors (Lipinski definition) is 5. The number of benzene rings is 2. The summed E-state index contributed by atoms with van der Waals surface area (Å²) in [5.41, 5.74) is 2.15. The van der Waals surface area contributed by atoms with E-state index in [1.807, 2.05) is 32.0 Å². The summed E-state index contributed by atoms with van der Waals surface area (Å²) in [6, 6.07) is 11.6. The molecule has 4 rings (SSSR count). The summed E-state index contributed by atoms with van der Waals surface area (Å²) in [6.45, 7) is 15.8. The maximum absolute atomic E-state index is 13.1. The Bertz CT molecular complexity index is 1310. The van der Waals surface area contributed by atoms with Gasteiger partial charge in [-0.05, 0) is 67.7 Å². The van der Waals surface area contributed by atoms with Crippen molar-refractivity contribution in [2.75, 3.05) is 20.2 Å². The van der Waals surface area contributed by atoms with Crippen molar-refractivity contribution < 1.29 is 23.9 Å². The minimum Gasteiger partial charge on any atom is -0.453 e. The van der Waals surface area contributed by atoms with Crippen molar-refractivity contribution in [3.63, 3.8) is 0 Å². The quantitative estimate of drug-likeness (QED) is 0.360. The number of ketones is 1. The summed E-state index contributed by atoms with van der Waals surface area (Å²) in [5.74, 6) is 0.769. The highest BCUT2D eigenvalue weighted by atomic mass is 16.5. The molecule has 8 nitrogen and oxygen atoms in total. The molecule has 0 aromatic heterocycles. The third-order valence-corrected chi connectivity index (χ3v) is 9.46. The highest BCUT2D eigenvalue weighted by Crippen LogP contribution is 2.25. The normalized spacial score (nSPS) is 20.1. The number of hydrogen-bond donors (Lipinski definition) is 1. The van der Waals surface area contributed by atoms with Crippen LogP contribution in [0.25, 0.3) is 10.8 Å². The highest BCUT2D eigenvalue weighted by Gasteiger charge is 2.38. The molecule has 0 aliphatic carbocycles. The molecular weight excluding hydrogens is 554 g/mol. The Labute approximate surface area is 263 Å². The van der Waals surface area contributed by atoms with Gasteiger partial charge in [-0.15, -0.1) is 0 Å². The lowest BCUT2D eigenvalue weighted by Gasteiger charge is -2.30. The third kappa shape index (κ3) is 8.82. The Kier molecular flexibility index (Phi) is 12.8. The number of likely N-dealkylation sites (tertiary alicyclic amines) is 2. The van der Waals surface area contributed by atoms with E-state index in [-0.39, 0.29) is 29.9 Å². The number of ether oxygens (including phenoxy) is 1. The first-order valence-electron chi connectivity index (χ1n) is 16.3. The maximum atomic E-state index is 13.1. The van der Waals surface area contributed by atoms with E-state index in [0.717, 1.165) is 35.7 Å². The van der Waals surface area contributed by atoms with E-state index < -0.39 is 18.2 Å². The molecule has 2 fully saturated rings. The van der Waals surface area contributed by atoms with Crippen LogP contribution >= 0.6 is 0 Å². The fraction of sp³-hybridized carbons (Fsp3) is 0.611. The summed E-state index contributed by atoms with van der Waals surface area (Å²) in [5, 5.41) is 4.87. The largest absolute Gasteiger partial charge is 0.453 e. The van der Waals surface area contributed by atoms with Crippen molar-refractivity contribution in [3.05, 3.63) is 47.5 Å². The van der Waals surface area contributed by atoms with Crippen LogP contribution in [-0.4, -0.2) is 71.8 Å². The van der Waals surface area contributed by atoms with Crippen molar-refractivity contribution in [1.29, 1.82) is 0 Å². The van der Waals surface area contributed by atoms with E-state index in [2.05, 4.69) is 67.8 Å². The molecule has 8 heteroatoms. The molecule has 242 valence electrons. The number of fused-ring (bicyclic) bond motifs is 1. The number of nitrogens with one attached hydrogen (secondary N) is 1. The third-order valence-electron chi connectivity index (χ3n) is 9.46. The number of rotatable bonds is 9. The number of methoxy groups -OCH3 is 1. The van der Waals surface area contributed by atoms with Crippen LogP contribution < -0.4 is 5.32 Å². The zero-order valence-electron chi connectivity index (χ0n) is 28.0. The topological polar surface area (TPSA) is 96.0 Å². The lowest BCUT2D eigenvalue weighted by atomic mass is 9.92. The molecule has 0 bridgehead atoms. The van der Waals surface area contributed by atoms with E-state index in [0.29, 0.717) is 30.8 Å². The van der Waals surface area contributed by atoms with Crippen LogP contribution in [0.2, 0.25) is 0 Å². The number of alkyl carbamates (subject to hydrolysis) is 1. The van der Waals surface area contributed by atoms with E-state index >= 15 is 0 Å². The number of carbonyl (C=O) groups is 4. The number of amides is 3. The molecule has 0 radical (unpaired) electrons. The molecule has 1 N–H and O–H groups in total. The fourth-order valence-corrected chi connectivity index (χ4v) is 6.21. The Balaban J connectivity index is 0.000000317. The first-order chi connectivity index (χ1) is 20.9. The zero-order valence-corrected chi connectivity index (χ0v) is 28.0. The van der Waals surface area contributed by atoms with Gasteiger partial charge in [-0.1, -0.05) is 83.0 Å². The average Bonchev–Trinajstić information content (AvgIpc) is 3.68. The smallest absolute Gasteiger partial charge is 0.407 e. The van der Waals surface area contributed by atoms with Crippen LogP contribution in [0.1, 0.15) is 84.8 Å². The minimum absolute atomic E-state index is 0.0351. The van der Waals surface area contributed by atoms with Gasteiger partial charge < -0.3 is 19.9 Å². The predicted molar refractivity (Wildman–Crippen MR) is 175 cm³/mol. The summed E-state index contributed by atoms with van der Waals surface area (Å²) < 4.78 is 4.65. The molecule has 0 unspecified atom stereocenters. The Hall–Kier alpha value is -3.42. The minimum atomic E-state index is -0.713. The van der Waals surface area contributed by atoms with Crippen molar-refractivity contribution >= 4 is 34.5 Å². The number of aryl methyl sites for hydroxylation is 1. The molecule has 2 aromatic carbocycles. The Morgan fingerprint density at radius 1 is 0.909 bits per heavy atom. The van der Waals surface area contributed by atoms with Gasteiger partial charge in [0.25, 0.3) is 0 Å². The van der Waals surface area contributed by atoms with E-state index in [1.165, 1.54) is 25.5 Å². The van der Waals surface area contributed by atoms with Gasteiger partial charge in [0.15, 0.2) is 5.78 Å². The van der Waals surface area contributed by atoms with Crippen LogP contribution in [0.4, 0.5) is 4.79 Å². The van der Waals surface area contributed by atoms with Gasteiger partial charge in [-0.2, -0.15) is 0 Å². The molecule has 2 aliphatic heterocycles. The molecule has 2 heterocycles. The van der Waals surface area contributed by atoms with E-state index in [1.54, 1.807) is 4.90 Å². The summed E-state index contributed by atoms with van der Waals surface area (Å²) >= 11 is 0. The van der Waals surface area contributed by atoms with Crippen molar-refractivity contribution in [2.24, 2.45) is 17.8 Å². The first-order valence-corrected chi connectivity index (χ1v) is 16.3. The predicted octanol–water partition coefficient (Wildman–Crippen LogP) is 6.31. The standard InChI is InChI=1S/C24H30N2O4.C12H23NO/c1-15(2)22(25-24(29)30-4)23(28)26-11-5-6-20(26)21(27)14-17-8-10-18-12-16(3)7-9-19(18)13-17;1-5-9(2)11(4)12(14)13-8-6-7-10(13)3/h7-10,12-13,15,20,22H,5-6,11,14H2,1-4H3,(H,25,29);9-11H,5-8H2,1-4H3/t20-,22-;9-,10+,11-/m00/s1. The van der Waals surface area contributed by atoms with Crippen molar-refractivity contribution in [3.8, 4) is 0 Å². The molecule has 3 amide bonds. The van der Waals surface area contributed by atoms with Gasteiger partial charge in [0.1, 0.15) is 6.04 Å². The molecular formula is C36H53N3O5. The van der Waals surface area contributed by atoms with Crippen LogP contribution in [0.15, 0.2) is 36.4 Å². The summed E-state index contributed by atoms with van der Waals surface area (Å²) in [7, 11) is 1.27. The lowest BCUT2D eigenvalue weighted by molar-refractivity contribution is -0.139. The highest BCUT2D eigenvalue weighted by molar-refractivity contribution is 5.94. The SMILES string of the molecule is CC[C@H](C)[C@H](C)C(=O)N1CCC[C@H]1C.COC(=O)N[C@H](C(=O)N1CCC[C@H]1C(=O)Cc1ccc2cc(C)ccc2c1)C(C)C. The molecule has 44 heavy (non-hydrogen) atoms. The molecule has 0 spiro atoms. The second-order valence-electron chi connectivity index (χ2n) is 13.1. The van der Waals surface area contributed by atoms with Gasteiger partial charge in [-0.3, -0.25) is 14.4 Å². The number of nitrogens with zero attached hydrogens (tertiary/aromatic N) is 2. The lowest BCUT2D eigenvalue weighted by Crippen LogP contribution is -2.53. The summed E-state index contributed by atoms with van der Waals surface area (Å²) in [4.78, 5) is 53.6. The zero-order chi connectivity index (χ0) is 32.6. The molecule has 2 aromatic rings. The van der Waals surface area contributed by atoms with Gasteiger partial charge >= 0.3 is 6.09 Å². The fourth-order valence-electron chi connectivity index (χ4n) is 6.21. The van der Waals surface area contributed by atoms with Crippen LogP contribution in [0, 0.1) is 24.7 Å². The molecule has 5 atom stereocenters. The van der Waals surface area contributed by atoms with E-state index in [9.17, 15) is 19.2 Å². The maximum Gasteiger partial charge on any atom is 0.407 e. The molecule has 2 saturated heterocycles. The number of Topliss-reactive ketones (excluding diaryl/α,β-unsaturated/α-hetero) is 1. The van der Waals surface area contributed by atoms with Gasteiger partial charge in [0.2, 0.25) is 11.8 Å². The Morgan fingerprint density at radius 2 is 1.55 bits per heavy atom. The second-order valence-corrected chi connectivity index (χ2v) is 13.1. The first kappa shape index (κ1) is 35.1. The van der Waals surface area contributed by atoms with Gasteiger partial charge in [-0.25, -0.2) is 4.79 Å². The summed E-state index contributed by atoms with van der Waals surface area (Å²) in [6.07, 6.45) is 4.53. The average molecular weight is 608 g/mol. The second kappa shape index (κ2) is 16.1. The monoisotopic (exact) mass is 607 g/mol. The van der Waals surface area contributed by atoms with Crippen LogP contribution in [0.3, 0.4) is 0 Å². The molecule has 0 saturated carbocycles. The van der Waals surface area contributed by atoms with Crippen molar-refractivity contribution in [1.82, 2.24) is 15.1 Å². The van der Waals surface area contributed by atoms with Crippen molar-refractivity contribution in [2.45, 2.75) is 105 Å². The van der Waals surface area contributed by atoms with Crippen LogP contribution in [-0.2, 0) is 25.5 Å². The van der Waals surface area contributed by atoms with Gasteiger partial charge in [0, 0.05) is 31.5 Å². The van der Waals surface area contributed by atoms with Crippen LogP contribution in [0.5, 0.6) is 0 Å².